The Bertz CT molecular complexity index is 938. The largest absolute Gasteiger partial charge is 0.369 e. The van der Waals surface area contributed by atoms with E-state index in [9.17, 15) is 9.59 Å². The predicted octanol–water partition coefficient (Wildman–Crippen LogP) is 3.01. The van der Waals surface area contributed by atoms with Crippen molar-refractivity contribution < 1.29 is 9.59 Å². The molecule has 2 aromatic carbocycles. The summed E-state index contributed by atoms with van der Waals surface area (Å²) in [5, 5.41) is 7.21. The maximum absolute atomic E-state index is 12.7. The van der Waals surface area contributed by atoms with Crippen LogP contribution in [0.25, 0.3) is 5.69 Å². The van der Waals surface area contributed by atoms with Crippen LogP contribution in [0.15, 0.2) is 65.7 Å². The first-order valence-electron chi connectivity index (χ1n) is 7.98. The smallest absolute Gasteiger partial charge is 0.259 e. The monoisotopic (exact) mass is 366 g/mol. The van der Waals surface area contributed by atoms with Crippen molar-refractivity contribution in [3.63, 3.8) is 0 Å². The number of nitrogens with two attached hydrogens (primary N) is 1. The molecule has 7 heteroatoms. The van der Waals surface area contributed by atoms with Crippen molar-refractivity contribution in [2.45, 2.75) is 11.8 Å². The van der Waals surface area contributed by atoms with Crippen LogP contribution in [0.5, 0.6) is 0 Å². The summed E-state index contributed by atoms with van der Waals surface area (Å²) >= 11 is 1.29. The number of nitrogens with zero attached hydrogens (tertiary/aromatic N) is 2. The molecule has 3 aromatic rings. The Kier molecular flexibility index (Phi) is 5.38. The minimum Gasteiger partial charge on any atom is -0.369 e. The third-order valence-corrected chi connectivity index (χ3v) is 4.86. The van der Waals surface area contributed by atoms with Crippen molar-refractivity contribution in [3.8, 4) is 5.69 Å². The normalized spacial score (nSPS) is 10.5. The minimum absolute atomic E-state index is 0.151. The molecule has 0 saturated carbocycles. The molecule has 3 rings (SSSR count). The Balaban J connectivity index is 1.82. The molecular formula is C19H18N4O2S. The van der Waals surface area contributed by atoms with E-state index in [-0.39, 0.29) is 11.7 Å². The van der Waals surface area contributed by atoms with E-state index >= 15 is 0 Å². The molecule has 0 bridgehead atoms. The number of carbonyl (C=O) groups excluding carboxylic acids is 2. The molecule has 3 N–H and O–H groups in total. The van der Waals surface area contributed by atoms with Gasteiger partial charge >= 0.3 is 0 Å². The van der Waals surface area contributed by atoms with Gasteiger partial charge in [0, 0.05) is 4.90 Å². The molecule has 0 atom stereocenters. The Morgan fingerprint density at radius 3 is 2.54 bits per heavy atom. The summed E-state index contributed by atoms with van der Waals surface area (Å²) in [5.41, 5.74) is 7.96. The van der Waals surface area contributed by atoms with Crippen LogP contribution in [-0.4, -0.2) is 27.3 Å². The number of amides is 2. The van der Waals surface area contributed by atoms with Gasteiger partial charge in [0.1, 0.15) is 0 Å². The quantitative estimate of drug-likeness (QED) is 0.656. The van der Waals surface area contributed by atoms with Gasteiger partial charge < -0.3 is 11.1 Å². The second-order valence-corrected chi connectivity index (χ2v) is 6.61. The van der Waals surface area contributed by atoms with E-state index in [4.69, 9.17) is 5.73 Å². The number of nitrogens with one attached hydrogen (secondary N) is 1. The molecule has 2 amide bonds. The van der Waals surface area contributed by atoms with Crippen LogP contribution in [0.3, 0.4) is 0 Å². The summed E-state index contributed by atoms with van der Waals surface area (Å²) in [6.07, 6.45) is 1.55. The van der Waals surface area contributed by atoms with Crippen LogP contribution < -0.4 is 11.1 Å². The van der Waals surface area contributed by atoms with Gasteiger partial charge in [-0.15, -0.1) is 11.8 Å². The number of thioether (sulfide) groups is 1. The van der Waals surface area contributed by atoms with Crippen LogP contribution in [0, 0.1) is 6.92 Å². The van der Waals surface area contributed by atoms with Crippen molar-refractivity contribution in [1.82, 2.24) is 9.78 Å². The first-order valence-corrected chi connectivity index (χ1v) is 8.96. The fourth-order valence-corrected chi connectivity index (χ4v) is 3.24. The topological polar surface area (TPSA) is 90.0 Å². The lowest BCUT2D eigenvalue weighted by molar-refractivity contribution is -0.115. The van der Waals surface area contributed by atoms with Crippen molar-refractivity contribution in [2.24, 2.45) is 5.73 Å². The van der Waals surface area contributed by atoms with Gasteiger partial charge in [0.2, 0.25) is 5.91 Å². The Morgan fingerprint density at radius 2 is 1.81 bits per heavy atom. The zero-order chi connectivity index (χ0) is 18.5. The molecule has 132 valence electrons. The molecular weight excluding hydrogens is 348 g/mol. The second kappa shape index (κ2) is 7.88. The van der Waals surface area contributed by atoms with Crippen LogP contribution >= 0.6 is 11.8 Å². The molecule has 0 aliphatic heterocycles. The predicted molar refractivity (Wildman–Crippen MR) is 103 cm³/mol. The highest BCUT2D eigenvalue weighted by Crippen LogP contribution is 2.27. The molecule has 0 unspecified atom stereocenters. The highest BCUT2D eigenvalue weighted by Gasteiger charge is 2.16. The maximum atomic E-state index is 12.7. The van der Waals surface area contributed by atoms with Gasteiger partial charge in [0.05, 0.1) is 34.6 Å². The summed E-state index contributed by atoms with van der Waals surface area (Å²) < 4.78 is 1.72. The standard InChI is InChI=1S/C19H18N4O2S/c1-13-15(11-21-23(13)14-7-3-2-4-8-14)19(25)22-16-9-5-6-10-17(16)26-12-18(20)24/h2-11H,12H2,1H3,(H2,20,24)(H,22,25). The zero-order valence-electron chi connectivity index (χ0n) is 14.2. The fraction of sp³-hybridized carbons (Fsp3) is 0.105. The third-order valence-electron chi connectivity index (χ3n) is 3.76. The molecule has 1 heterocycles. The second-order valence-electron chi connectivity index (χ2n) is 5.60. The van der Waals surface area contributed by atoms with Crippen molar-refractivity contribution >= 4 is 29.3 Å². The van der Waals surface area contributed by atoms with E-state index in [1.807, 2.05) is 55.5 Å². The average Bonchev–Trinajstić information content (AvgIpc) is 3.03. The molecule has 0 aliphatic rings. The molecule has 26 heavy (non-hydrogen) atoms. The van der Waals surface area contributed by atoms with Gasteiger partial charge in [-0.2, -0.15) is 5.10 Å². The van der Waals surface area contributed by atoms with Gasteiger partial charge in [-0.1, -0.05) is 30.3 Å². The number of carbonyl (C=O) groups is 2. The number of primary amides is 1. The number of aromatic nitrogens is 2. The summed E-state index contributed by atoms with van der Waals surface area (Å²) in [6, 6.07) is 16.9. The van der Waals surface area contributed by atoms with Gasteiger partial charge in [-0.3, -0.25) is 9.59 Å². The summed E-state index contributed by atoms with van der Waals surface area (Å²) in [6.45, 7) is 1.85. The Morgan fingerprint density at radius 1 is 1.12 bits per heavy atom. The van der Waals surface area contributed by atoms with E-state index < -0.39 is 5.91 Å². The lowest BCUT2D eigenvalue weighted by atomic mass is 10.2. The summed E-state index contributed by atoms with van der Waals surface area (Å²) in [4.78, 5) is 24.5. The SMILES string of the molecule is Cc1c(C(=O)Nc2ccccc2SCC(N)=O)cnn1-c1ccccc1. The Hall–Kier alpha value is -3.06. The van der Waals surface area contributed by atoms with E-state index in [1.165, 1.54) is 11.8 Å². The molecule has 0 spiro atoms. The number of rotatable bonds is 6. The van der Waals surface area contributed by atoms with E-state index in [2.05, 4.69) is 10.4 Å². The van der Waals surface area contributed by atoms with E-state index in [0.29, 0.717) is 11.3 Å². The number of anilines is 1. The Labute approximate surface area is 155 Å². The average molecular weight is 366 g/mol. The van der Waals surface area contributed by atoms with Crippen LogP contribution in [0.4, 0.5) is 5.69 Å². The molecule has 1 aromatic heterocycles. The van der Waals surface area contributed by atoms with Gasteiger partial charge in [0.15, 0.2) is 0 Å². The third kappa shape index (κ3) is 3.94. The molecule has 0 radical (unpaired) electrons. The minimum atomic E-state index is -0.406. The van der Waals surface area contributed by atoms with Crippen LogP contribution in [0.2, 0.25) is 0 Å². The van der Waals surface area contributed by atoms with Gasteiger partial charge in [-0.05, 0) is 31.2 Å². The van der Waals surface area contributed by atoms with E-state index in [0.717, 1.165) is 16.3 Å². The number of hydrogen-bond acceptors (Lipinski definition) is 4. The van der Waals surface area contributed by atoms with Crippen LogP contribution in [-0.2, 0) is 4.79 Å². The maximum Gasteiger partial charge on any atom is 0.259 e. The van der Waals surface area contributed by atoms with Gasteiger partial charge in [-0.25, -0.2) is 4.68 Å². The van der Waals surface area contributed by atoms with Crippen molar-refractivity contribution in [1.29, 1.82) is 0 Å². The summed E-state index contributed by atoms with van der Waals surface area (Å²) in [7, 11) is 0. The van der Waals surface area contributed by atoms with Gasteiger partial charge in [0.25, 0.3) is 5.91 Å². The molecule has 0 aliphatic carbocycles. The number of para-hydroxylation sites is 2. The van der Waals surface area contributed by atoms with Crippen LogP contribution in [0.1, 0.15) is 16.1 Å². The number of hydrogen-bond donors (Lipinski definition) is 2. The first-order chi connectivity index (χ1) is 12.6. The lowest BCUT2D eigenvalue weighted by Gasteiger charge is -2.10. The van der Waals surface area contributed by atoms with Crippen molar-refractivity contribution in [2.75, 3.05) is 11.1 Å². The van der Waals surface area contributed by atoms with Crippen molar-refractivity contribution in [3.05, 3.63) is 72.1 Å². The highest BCUT2D eigenvalue weighted by atomic mass is 32.2. The number of benzene rings is 2. The van der Waals surface area contributed by atoms with E-state index in [1.54, 1.807) is 16.9 Å². The molecule has 6 nitrogen and oxygen atoms in total. The lowest BCUT2D eigenvalue weighted by Crippen LogP contribution is -2.15. The molecule has 0 saturated heterocycles. The first kappa shape index (κ1) is 17.8. The summed E-state index contributed by atoms with van der Waals surface area (Å²) in [5.74, 6) is -0.509. The zero-order valence-corrected chi connectivity index (χ0v) is 15.0. The molecule has 0 fully saturated rings. The fourth-order valence-electron chi connectivity index (χ4n) is 2.50. The highest BCUT2D eigenvalue weighted by molar-refractivity contribution is 8.00.